The van der Waals surface area contributed by atoms with Gasteiger partial charge in [-0.2, -0.15) is 4.98 Å². The minimum Gasteiger partial charge on any atom is -0.356 e. The maximum Gasteiger partial charge on any atom is 0.202 e. The molecule has 23 heavy (non-hydrogen) atoms. The predicted molar refractivity (Wildman–Crippen MR) is 96.8 cm³/mol. The van der Waals surface area contributed by atoms with Crippen molar-refractivity contribution < 1.29 is 0 Å². The van der Waals surface area contributed by atoms with Crippen molar-refractivity contribution in [2.75, 3.05) is 11.9 Å². The van der Waals surface area contributed by atoms with Crippen LogP contribution in [-0.4, -0.2) is 21.5 Å². The lowest BCUT2D eigenvalue weighted by atomic mass is 10.1. The molecule has 0 atom stereocenters. The van der Waals surface area contributed by atoms with Gasteiger partial charge in [0, 0.05) is 22.8 Å². The third-order valence-electron chi connectivity index (χ3n) is 3.41. The molecular weight excluding hydrogens is 355 g/mol. The number of nitrogens with zero attached hydrogens (tertiary/aromatic N) is 2. The molecule has 3 rings (SSSR count). The van der Waals surface area contributed by atoms with Gasteiger partial charge in [-0.3, -0.25) is 0 Å². The van der Waals surface area contributed by atoms with Crippen molar-refractivity contribution in [2.24, 2.45) is 0 Å². The van der Waals surface area contributed by atoms with Gasteiger partial charge in [-0.1, -0.05) is 34.8 Å². The van der Waals surface area contributed by atoms with E-state index in [-0.39, 0.29) is 0 Å². The van der Waals surface area contributed by atoms with Crippen molar-refractivity contribution in [3.05, 3.63) is 51.1 Å². The quantitative estimate of drug-likeness (QED) is 0.576. The number of nitrogens with one attached hydrogen (secondary N) is 2. The Kier molecular flexibility index (Phi) is 5.26. The van der Waals surface area contributed by atoms with E-state index in [9.17, 15) is 0 Å². The second-order valence-electron chi connectivity index (χ2n) is 5.27. The van der Waals surface area contributed by atoms with Gasteiger partial charge in [0.25, 0.3) is 0 Å². The van der Waals surface area contributed by atoms with Crippen molar-refractivity contribution >= 4 is 51.9 Å². The molecule has 2 heterocycles. The number of anilines is 1. The predicted octanol–water partition coefficient (Wildman–Crippen LogP) is 5.35. The zero-order valence-corrected chi connectivity index (χ0v) is 14.5. The number of aromatic nitrogens is 3. The van der Waals surface area contributed by atoms with Crippen LogP contribution in [0.3, 0.4) is 0 Å². The highest BCUT2D eigenvalue weighted by Crippen LogP contribution is 2.20. The van der Waals surface area contributed by atoms with Gasteiger partial charge in [-0.15, -0.1) is 0 Å². The number of aryl methyl sites for hydroxylation is 1. The third kappa shape index (κ3) is 4.50. The maximum absolute atomic E-state index is 6.00. The van der Waals surface area contributed by atoms with Crippen molar-refractivity contribution in [1.82, 2.24) is 15.0 Å². The number of unbranched alkanes of at least 4 members (excludes halogenated alkanes) is 1. The Morgan fingerprint density at radius 3 is 2.52 bits per heavy atom. The Morgan fingerprint density at radius 1 is 0.957 bits per heavy atom. The topological polar surface area (TPSA) is 53.6 Å². The lowest BCUT2D eigenvalue weighted by molar-refractivity contribution is 0.760. The summed E-state index contributed by atoms with van der Waals surface area (Å²) in [5.74, 6) is 0.709. The van der Waals surface area contributed by atoms with Crippen LogP contribution in [-0.2, 0) is 6.42 Å². The Morgan fingerprint density at radius 2 is 1.74 bits per heavy atom. The van der Waals surface area contributed by atoms with E-state index in [1.54, 1.807) is 12.3 Å². The van der Waals surface area contributed by atoms with Crippen LogP contribution in [0.2, 0.25) is 15.1 Å². The van der Waals surface area contributed by atoms with Crippen LogP contribution in [0, 0.1) is 0 Å². The van der Waals surface area contributed by atoms with E-state index < -0.39 is 0 Å². The summed E-state index contributed by atoms with van der Waals surface area (Å²) in [5.41, 5.74) is 2.64. The van der Waals surface area contributed by atoms with Gasteiger partial charge >= 0.3 is 0 Å². The molecule has 7 heteroatoms. The average molecular weight is 370 g/mol. The molecule has 0 saturated heterocycles. The molecule has 4 nitrogen and oxygen atoms in total. The Bertz CT molecular complexity index is 796. The highest BCUT2D eigenvalue weighted by atomic mass is 35.5. The number of imidazole rings is 1. The lowest BCUT2D eigenvalue weighted by Crippen LogP contribution is -2.03. The first-order valence-electron chi connectivity index (χ1n) is 7.30. The largest absolute Gasteiger partial charge is 0.356 e. The first kappa shape index (κ1) is 16.4. The van der Waals surface area contributed by atoms with E-state index in [1.165, 1.54) is 0 Å². The van der Waals surface area contributed by atoms with Crippen LogP contribution < -0.4 is 5.32 Å². The molecule has 120 valence electrons. The fraction of sp³-hybridized carbons (Fsp3) is 0.250. The van der Waals surface area contributed by atoms with E-state index in [0.717, 1.165) is 36.9 Å². The summed E-state index contributed by atoms with van der Waals surface area (Å²) in [7, 11) is 0. The molecule has 0 unspecified atom stereocenters. The van der Waals surface area contributed by atoms with E-state index >= 15 is 0 Å². The van der Waals surface area contributed by atoms with Gasteiger partial charge in [-0.05, 0) is 49.1 Å². The van der Waals surface area contributed by atoms with E-state index in [4.69, 9.17) is 34.8 Å². The molecule has 0 spiro atoms. The monoisotopic (exact) mass is 368 g/mol. The molecular formula is C16H15Cl3N4. The zero-order valence-electron chi connectivity index (χ0n) is 12.2. The number of aromatic amines is 1. The lowest BCUT2D eigenvalue weighted by Gasteiger charge is -2.04. The second kappa shape index (κ2) is 7.39. The number of H-pyrrole nitrogens is 1. The Labute approximate surface area is 149 Å². The molecule has 1 aromatic carbocycles. The molecule has 3 aromatic rings. The summed E-state index contributed by atoms with van der Waals surface area (Å²) in [4.78, 5) is 11.7. The van der Waals surface area contributed by atoms with Crippen LogP contribution in [0.4, 0.5) is 5.95 Å². The normalized spacial score (nSPS) is 11.1. The Balaban J connectivity index is 1.47. The number of rotatable bonds is 6. The highest BCUT2D eigenvalue weighted by Gasteiger charge is 2.04. The fourth-order valence-corrected chi connectivity index (χ4v) is 3.10. The third-order valence-corrected chi connectivity index (χ3v) is 4.05. The van der Waals surface area contributed by atoms with E-state index in [2.05, 4.69) is 20.3 Å². The van der Waals surface area contributed by atoms with E-state index in [0.29, 0.717) is 26.7 Å². The number of hydrogen-bond donors (Lipinski definition) is 2. The summed E-state index contributed by atoms with van der Waals surface area (Å²) in [6.07, 6.45) is 4.58. The Hall–Kier alpha value is -1.49. The minimum atomic E-state index is 0.591. The molecule has 0 aliphatic carbocycles. The minimum absolute atomic E-state index is 0.591. The van der Waals surface area contributed by atoms with Crippen LogP contribution in [0.25, 0.3) is 11.2 Å². The maximum atomic E-state index is 6.00. The summed E-state index contributed by atoms with van der Waals surface area (Å²) >= 11 is 17.9. The SMILES string of the molecule is Clc1cc(Cl)cc(CCCCNc2nc3ncc(Cl)cc3[nH]2)c1. The molecule has 0 aliphatic heterocycles. The van der Waals surface area contributed by atoms with Crippen LogP contribution >= 0.6 is 34.8 Å². The molecule has 0 fully saturated rings. The summed E-state index contributed by atoms with van der Waals surface area (Å²) in [6.45, 7) is 0.821. The first-order valence-corrected chi connectivity index (χ1v) is 8.44. The van der Waals surface area contributed by atoms with Crippen LogP contribution in [0.1, 0.15) is 18.4 Å². The number of pyridine rings is 1. The smallest absolute Gasteiger partial charge is 0.202 e. The van der Waals surface area contributed by atoms with Gasteiger partial charge in [0.2, 0.25) is 5.95 Å². The van der Waals surface area contributed by atoms with E-state index in [1.807, 2.05) is 18.2 Å². The first-order chi connectivity index (χ1) is 11.1. The molecule has 2 N–H and O–H groups in total. The molecule has 0 aliphatic rings. The van der Waals surface area contributed by atoms with Crippen LogP contribution in [0.5, 0.6) is 0 Å². The van der Waals surface area contributed by atoms with Gasteiger partial charge in [-0.25, -0.2) is 4.98 Å². The van der Waals surface area contributed by atoms with Crippen molar-refractivity contribution in [3.63, 3.8) is 0 Å². The van der Waals surface area contributed by atoms with Gasteiger partial charge in [0.05, 0.1) is 10.5 Å². The summed E-state index contributed by atoms with van der Waals surface area (Å²) in [5, 5.41) is 5.21. The van der Waals surface area contributed by atoms with Crippen molar-refractivity contribution in [3.8, 4) is 0 Å². The fourth-order valence-electron chi connectivity index (χ4n) is 2.37. The van der Waals surface area contributed by atoms with Crippen molar-refractivity contribution in [2.45, 2.75) is 19.3 Å². The number of fused-ring (bicyclic) bond motifs is 1. The average Bonchev–Trinajstić information content (AvgIpc) is 2.87. The van der Waals surface area contributed by atoms with Crippen molar-refractivity contribution in [1.29, 1.82) is 0 Å². The molecule has 0 bridgehead atoms. The van der Waals surface area contributed by atoms with Crippen LogP contribution in [0.15, 0.2) is 30.5 Å². The number of hydrogen-bond acceptors (Lipinski definition) is 3. The standard InChI is InChI=1S/C16H15Cl3N4/c17-11-5-10(6-12(18)7-11)3-1-2-4-20-16-22-14-8-13(19)9-21-15(14)23-16/h5-9H,1-4H2,(H2,20,21,22,23). The molecule has 0 radical (unpaired) electrons. The van der Waals surface area contributed by atoms with Gasteiger partial charge < -0.3 is 10.3 Å². The zero-order chi connectivity index (χ0) is 16.2. The highest BCUT2D eigenvalue weighted by molar-refractivity contribution is 6.34. The molecule has 2 aromatic heterocycles. The van der Waals surface area contributed by atoms with Gasteiger partial charge in [0.1, 0.15) is 0 Å². The number of benzene rings is 1. The summed E-state index contributed by atoms with van der Waals surface area (Å²) in [6, 6.07) is 7.46. The number of halogens is 3. The van der Waals surface area contributed by atoms with Gasteiger partial charge in [0.15, 0.2) is 5.65 Å². The molecule has 0 saturated carbocycles. The second-order valence-corrected chi connectivity index (χ2v) is 6.58. The summed E-state index contributed by atoms with van der Waals surface area (Å²) < 4.78 is 0. The molecule has 0 amide bonds.